The quantitative estimate of drug-likeness (QED) is 0.661. The van der Waals surface area contributed by atoms with Crippen LogP contribution in [0, 0.1) is 6.92 Å². The third-order valence-corrected chi connectivity index (χ3v) is 6.21. The fourth-order valence-electron chi connectivity index (χ4n) is 3.41. The summed E-state index contributed by atoms with van der Waals surface area (Å²) in [6, 6.07) is 10.5. The molecule has 0 aliphatic carbocycles. The number of thiophene rings is 1. The zero-order chi connectivity index (χ0) is 21.8. The maximum Gasteiger partial charge on any atom is 0.291 e. The highest BCUT2D eigenvalue weighted by molar-refractivity contribution is 7.18. The molecule has 9 heteroatoms. The van der Waals surface area contributed by atoms with E-state index in [1.807, 2.05) is 25.1 Å². The molecule has 0 radical (unpaired) electrons. The number of anilines is 1. The normalized spacial score (nSPS) is 13.8. The Morgan fingerprint density at radius 3 is 2.55 bits per heavy atom. The van der Waals surface area contributed by atoms with E-state index in [1.54, 1.807) is 34.2 Å². The molecule has 31 heavy (non-hydrogen) atoms. The minimum atomic E-state index is -0.356. The Bertz CT molecular complexity index is 1070. The van der Waals surface area contributed by atoms with Gasteiger partial charge in [-0.05, 0) is 42.8 Å². The van der Waals surface area contributed by atoms with Crippen molar-refractivity contribution in [3.05, 3.63) is 70.8 Å². The second-order valence-corrected chi connectivity index (χ2v) is 8.28. The van der Waals surface area contributed by atoms with E-state index in [0.29, 0.717) is 36.1 Å². The Balaban J connectivity index is 1.34. The number of furan rings is 1. The van der Waals surface area contributed by atoms with Crippen LogP contribution < -0.4 is 5.32 Å². The van der Waals surface area contributed by atoms with Crippen LogP contribution in [0.1, 0.15) is 31.5 Å². The number of nitrogens with zero attached hydrogens (tertiary/aromatic N) is 3. The monoisotopic (exact) mass is 438 g/mol. The Morgan fingerprint density at radius 1 is 1.10 bits per heavy atom. The van der Waals surface area contributed by atoms with Crippen LogP contribution in [-0.4, -0.2) is 58.7 Å². The smallest absolute Gasteiger partial charge is 0.291 e. The molecule has 1 fully saturated rings. The molecule has 0 unspecified atom stereocenters. The lowest BCUT2D eigenvalue weighted by atomic mass is 10.2. The summed E-state index contributed by atoms with van der Waals surface area (Å²) in [5, 5.41) is 3.35. The summed E-state index contributed by atoms with van der Waals surface area (Å²) < 4.78 is 5.10. The molecule has 0 aromatic carbocycles. The lowest BCUT2D eigenvalue weighted by Crippen LogP contribution is -2.51. The number of amides is 3. The van der Waals surface area contributed by atoms with Gasteiger partial charge in [0.2, 0.25) is 5.91 Å². The van der Waals surface area contributed by atoms with Gasteiger partial charge in [0.25, 0.3) is 11.8 Å². The molecule has 1 saturated heterocycles. The van der Waals surface area contributed by atoms with Gasteiger partial charge in [-0.25, -0.2) is 0 Å². The molecule has 0 atom stereocenters. The molecule has 4 rings (SSSR count). The molecule has 3 aromatic heterocycles. The van der Waals surface area contributed by atoms with E-state index in [9.17, 15) is 14.4 Å². The van der Waals surface area contributed by atoms with Gasteiger partial charge in [-0.1, -0.05) is 6.07 Å². The van der Waals surface area contributed by atoms with E-state index < -0.39 is 0 Å². The van der Waals surface area contributed by atoms with E-state index >= 15 is 0 Å². The zero-order valence-electron chi connectivity index (χ0n) is 17.0. The molecule has 8 nitrogen and oxygen atoms in total. The second-order valence-electron chi connectivity index (χ2n) is 7.23. The summed E-state index contributed by atoms with van der Waals surface area (Å²) in [6.07, 6.45) is 3.37. The summed E-state index contributed by atoms with van der Waals surface area (Å²) in [4.78, 5) is 46.0. The van der Waals surface area contributed by atoms with E-state index in [1.165, 1.54) is 17.6 Å². The third-order valence-electron chi connectivity index (χ3n) is 5.07. The number of aryl methyl sites for hydroxylation is 1. The van der Waals surface area contributed by atoms with Crippen LogP contribution in [0.2, 0.25) is 0 Å². The number of hydrogen-bond donors (Lipinski definition) is 1. The molecule has 1 aliphatic rings. The standard InChI is InChI=1S/C22H22N4O4S/c1-15-13-18(24-21(28)17-6-4-12-30-17)31-20(15)22(29)26-10-8-25(9-11-26)19(27)14-16-5-2-3-7-23-16/h2-7,12-13H,8-11,14H2,1H3,(H,24,28). The molecule has 0 spiro atoms. The van der Waals surface area contributed by atoms with Gasteiger partial charge >= 0.3 is 0 Å². The van der Waals surface area contributed by atoms with Gasteiger partial charge in [0.05, 0.1) is 22.6 Å². The average molecular weight is 439 g/mol. The summed E-state index contributed by atoms with van der Waals surface area (Å²) in [7, 11) is 0. The van der Waals surface area contributed by atoms with E-state index in [2.05, 4.69) is 10.3 Å². The minimum absolute atomic E-state index is 0.0148. The molecule has 1 N–H and O–H groups in total. The van der Waals surface area contributed by atoms with E-state index in [-0.39, 0.29) is 29.9 Å². The first-order chi connectivity index (χ1) is 15.0. The van der Waals surface area contributed by atoms with Crippen molar-refractivity contribution in [3.8, 4) is 0 Å². The number of piperazine rings is 1. The Kier molecular flexibility index (Phi) is 6.13. The summed E-state index contributed by atoms with van der Waals surface area (Å²) in [6.45, 7) is 3.77. The van der Waals surface area contributed by atoms with Crippen molar-refractivity contribution < 1.29 is 18.8 Å². The first-order valence-corrected chi connectivity index (χ1v) is 10.7. The van der Waals surface area contributed by atoms with Crippen LogP contribution in [0.5, 0.6) is 0 Å². The number of nitrogens with one attached hydrogen (secondary N) is 1. The van der Waals surface area contributed by atoms with Crippen LogP contribution in [0.4, 0.5) is 5.00 Å². The van der Waals surface area contributed by atoms with E-state index in [4.69, 9.17) is 4.42 Å². The predicted octanol–water partition coefficient (Wildman–Crippen LogP) is 2.82. The third kappa shape index (κ3) is 4.83. The summed E-state index contributed by atoms with van der Waals surface area (Å²) in [5.74, 6) is -0.213. The van der Waals surface area contributed by atoms with Crippen molar-refractivity contribution in [2.75, 3.05) is 31.5 Å². The van der Waals surface area contributed by atoms with Crippen molar-refractivity contribution in [1.82, 2.24) is 14.8 Å². The van der Waals surface area contributed by atoms with Crippen molar-refractivity contribution >= 4 is 34.1 Å². The lowest BCUT2D eigenvalue weighted by molar-refractivity contribution is -0.132. The highest BCUT2D eigenvalue weighted by Crippen LogP contribution is 2.28. The number of carbonyl (C=O) groups excluding carboxylic acids is 3. The number of hydrogen-bond acceptors (Lipinski definition) is 6. The van der Waals surface area contributed by atoms with Crippen LogP contribution in [0.25, 0.3) is 0 Å². The summed E-state index contributed by atoms with van der Waals surface area (Å²) >= 11 is 1.24. The molecule has 0 bridgehead atoms. The number of rotatable bonds is 5. The first kappa shape index (κ1) is 20.8. The maximum atomic E-state index is 13.0. The molecular formula is C22H22N4O4S. The minimum Gasteiger partial charge on any atom is -0.459 e. The zero-order valence-corrected chi connectivity index (χ0v) is 17.9. The largest absolute Gasteiger partial charge is 0.459 e. The highest BCUT2D eigenvalue weighted by Gasteiger charge is 2.27. The van der Waals surface area contributed by atoms with Crippen LogP contribution >= 0.6 is 11.3 Å². The second kappa shape index (κ2) is 9.13. The van der Waals surface area contributed by atoms with Crippen molar-refractivity contribution in [3.63, 3.8) is 0 Å². The van der Waals surface area contributed by atoms with E-state index in [0.717, 1.165) is 11.3 Å². The number of pyridine rings is 1. The molecule has 4 heterocycles. The fourth-order valence-corrected chi connectivity index (χ4v) is 4.44. The maximum absolute atomic E-state index is 13.0. The SMILES string of the molecule is Cc1cc(NC(=O)c2ccco2)sc1C(=O)N1CCN(C(=O)Cc2ccccn2)CC1. The van der Waals surface area contributed by atoms with Crippen LogP contribution in [-0.2, 0) is 11.2 Å². The van der Waals surface area contributed by atoms with Crippen molar-refractivity contribution in [2.24, 2.45) is 0 Å². The van der Waals surface area contributed by atoms with Crippen LogP contribution in [0.3, 0.4) is 0 Å². The van der Waals surface area contributed by atoms with Crippen molar-refractivity contribution in [1.29, 1.82) is 0 Å². The molecular weight excluding hydrogens is 416 g/mol. The Morgan fingerprint density at radius 2 is 1.87 bits per heavy atom. The number of aromatic nitrogens is 1. The summed E-state index contributed by atoms with van der Waals surface area (Å²) in [5.41, 5.74) is 1.54. The lowest BCUT2D eigenvalue weighted by Gasteiger charge is -2.34. The van der Waals surface area contributed by atoms with Crippen molar-refractivity contribution in [2.45, 2.75) is 13.3 Å². The fraction of sp³-hybridized carbons (Fsp3) is 0.273. The van der Waals surface area contributed by atoms with Gasteiger partial charge in [0.1, 0.15) is 0 Å². The predicted molar refractivity (Wildman–Crippen MR) is 116 cm³/mol. The van der Waals surface area contributed by atoms with Gasteiger partial charge in [0.15, 0.2) is 5.76 Å². The molecule has 3 aromatic rings. The molecule has 3 amide bonds. The van der Waals surface area contributed by atoms with Gasteiger partial charge in [0, 0.05) is 38.1 Å². The van der Waals surface area contributed by atoms with Gasteiger partial charge in [-0.3, -0.25) is 19.4 Å². The van der Waals surface area contributed by atoms with Gasteiger partial charge in [-0.15, -0.1) is 11.3 Å². The average Bonchev–Trinajstić information content (AvgIpc) is 3.44. The first-order valence-electron chi connectivity index (χ1n) is 9.93. The number of carbonyl (C=O) groups is 3. The molecule has 160 valence electrons. The van der Waals surface area contributed by atoms with Gasteiger partial charge < -0.3 is 19.5 Å². The van der Waals surface area contributed by atoms with Gasteiger partial charge in [-0.2, -0.15) is 0 Å². The molecule has 0 saturated carbocycles. The molecule has 1 aliphatic heterocycles. The Hall–Kier alpha value is -3.46. The van der Waals surface area contributed by atoms with Crippen LogP contribution in [0.15, 0.2) is 53.3 Å². The topological polar surface area (TPSA) is 95.8 Å². The highest BCUT2D eigenvalue weighted by atomic mass is 32.1. The Labute approximate surface area is 183 Å².